The summed E-state index contributed by atoms with van der Waals surface area (Å²) in [6.45, 7) is 2.54. The molecule has 5 heteroatoms. The van der Waals surface area contributed by atoms with Gasteiger partial charge in [0.25, 0.3) is 0 Å². The Morgan fingerprint density at radius 2 is 1.92 bits per heavy atom. The van der Waals surface area contributed by atoms with E-state index >= 15 is 0 Å². The molecular weight excluding hydrogens is 367 g/mol. The molecule has 0 unspecified atom stereocenters. The summed E-state index contributed by atoms with van der Waals surface area (Å²) in [5, 5.41) is 2.74. The van der Waals surface area contributed by atoms with Gasteiger partial charge in [0.15, 0.2) is 0 Å². The fourth-order valence-electron chi connectivity index (χ4n) is 3.38. The first-order valence-electron chi connectivity index (χ1n) is 8.13. The first-order valence-corrected chi connectivity index (χ1v) is 8.89. The molecule has 0 spiro atoms. The van der Waals surface area contributed by atoms with Crippen LogP contribution in [0.25, 0.3) is 21.8 Å². The summed E-state index contributed by atoms with van der Waals surface area (Å²) >= 11 is 12.6. The lowest BCUT2D eigenvalue weighted by Gasteiger charge is -2.11. The van der Waals surface area contributed by atoms with Crippen molar-refractivity contribution < 1.29 is 4.79 Å². The maximum Gasteiger partial charge on any atom is 0.249 e. The van der Waals surface area contributed by atoms with E-state index in [-0.39, 0.29) is 0 Å². The van der Waals surface area contributed by atoms with Gasteiger partial charge in [-0.25, -0.2) is 0 Å². The molecule has 3 aromatic carbocycles. The van der Waals surface area contributed by atoms with Gasteiger partial charge in [-0.15, -0.1) is 0 Å². The zero-order valence-corrected chi connectivity index (χ0v) is 15.5. The number of aromatic nitrogens is 1. The van der Waals surface area contributed by atoms with E-state index < -0.39 is 5.91 Å². The molecule has 129 valence electrons. The van der Waals surface area contributed by atoms with Crippen LogP contribution in [-0.2, 0) is 6.54 Å². The van der Waals surface area contributed by atoms with Gasteiger partial charge in [0.05, 0.1) is 21.1 Å². The first kappa shape index (κ1) is 17.0. The van der Waals surface area contributed by atoms with Crippen molar-refractivity contribution in [2.45, 2.75) is 13.5 Å². The Hall–Kier alpha value is -2.49. The highest BCUT2D eigenvalue weighted by Gasteiger charge is 2.17. The van der Waals surface area contributed by atoms with E-state index in [1.165, 1.54) is 0 Å². The van der Waals surface area contributed by atoms with Crippen molar-refractivity contribution >= 4 is 50.9 Å². The van der Waals surface area contributed by atoms with Crippen molar-refractivity contribution in [1.29, 1.82) is 0 Å². The van der Waals surface area contributed by atoms with Gasteiger partial charge in [0, 0.05) is 22.9 Å². The number of carbonyl (C=O) groups excluding carboxylic acids is 1. The van der Waals surface area contributed by atoms with Crippen LogP contribution >= 0.6 is 23.2 Å². The molecule has 0 aliphatic heterocycles. The van der Waals surface area contributed by atoms with Gasteiger partial charge < -0.3 is 10.3 Å². The number of nitrogens with zero attached hydrogens (tertiary/aromatic N) is 1. The van der Waals surface area contributed by atoms with E-state index in [9.17, 15) is 4.79 Å². The third-order valence-electron chi connectivity index (χ3n) is 4.56. The van der Waals surface area contributed by atoms with E-state index in [0.717, 1.165) is 32.9 Å². The van der Waals surface area contributed by atoms with E-state index in [2.05, 4.69) is 16.7 Å². The standard InChI is InChI=1S/C21H15Cl2N2O/c1-12-8-9-14-18(10-12)25(11-13-4-2-6-16(22)20(13)23)17-7-3-5-15(19(14)17)21(24)26/h2-8,10H,11H2,1H3,(H2,24,26). The van der Waals surface area contributed by atoms with E-state index in [1.807, 2.05) is 37.3 Å². The average molecular weight is 382 g/mol. The normalized spacial score (nSPS) is 11.3. The van der Waals surface area contributed by atoms with Gasteiger partial charge in [-0.05, 0) is 48.4 Å². The Labute approximate surface area is 160 Å². The molecule has 4 aromatic rings. The van der Waals surface area contributed by atoms with Crippen LogP contribution in [0.4, 0.5) is 0 Å². The maximum absolute atomic E-state index is 12.0. The molecule has 4 rings (SSSR count). The second kappa shape index (κ2) is 6.35. The Balaban J connectivity index is 2.07. The van der Waals surface area contributed by atoms with E-state index in [0.29, 0.717) is 22.2 Å². The molecule has 1 heterocycles. The zero-order valence-electron chi connectivity index (χ0n) is 14.0. The van der Waals surface area contributed by atoms with Gasteiger partial charge in [0.1, 0.15) is 0 Å². The summed E-state index contributed by atoms with van der Waals surface area (Å²) in [7, 11) is 0. The summed E-state index contributed by atoms with van der Waals surface area (Å²) in [4.78, 5) is 12.0. The molecule has 1 amide bonds. The number of aryl methyl sites for hydroxylation is 1. The molecule has 0 saturated carbocycles. The lowest BCUT2D eigenvalue weighted by atomic mass is 10.1. The predicted molar refractivity (Wildman–Crippen MR) is 107 cm³/mol. The predicted octanol–water partition coefficient (Wildman–Crippen LogP) is 5.36. The molecule has 2 N–H and O–H groups in total. The minimum Gasteiger partial charge on any atom is -0.366 e. The minimum atomic E-state index is -0.454. The number of halogens is 2. The number of nitrogens with two attached hydrogens (primary N) is 1. The van der Waals surface area contributed by atoms with Gasteiger partial charge in [0.2, 0.25) is 5.91 Å². The van der Waals surface area contributed by atoms with Crippen molar-refractivity contribution in [1.82, 2.24) is 4.57 Å². The van der Waals surface area contributed by atoms with Crippen LogP contribution in [-0.4, -0.2) is 10.5 Å². The Morgan fingerprint density at radius 3 is 2.69 bits per heavy atom. The third kappa shape index (κ3) is 2.64. The van der Waals surface area contributed by atoms with Gasteiger partial charge in [-0.2, -0.15) is 0 Å². The second-order valence-corrected chi connectivity index (χ2v) is 7.09. The highest BCUT2D eigenvalue weighted by Crippen LogP contribution is 2.34. The molecule has 26 heavy (non-hydrogen) atoms. The molecule has 0 aliphatic rings. The summed E-state index contributed by atoms with van der Waals surface area (Å²) < 4.78 is 2.12. The lowest BCUT2D eigenvalue weighted by molar-refractivity contribution is 0.100. The molecule has 0 saturated heterocycles. The zero-order chi connectivity index (χ0) is 18.4. The van der Waals surface area contributed by atoms with E-state index in [4.69, 9.17) is 28.9 Å². The molecule has 0 bridgehead atoms. The lowest BCUT2D eigenvalue weighted by Crippen LogP contribution is -2.11. The van der Waals surface area contributed by atoms with E-state index in [1.54, 1.807) is 12.1 Å². The monoisotopic (exact) mass is 381 g/mol. The number of rotatable bonds is 3. The number of fused-ring (bicyclic) bond motifs is 3. The SMILES string of the molecule is Cc1c[c]c2c3c(C(N)=O)cccc3n(Cc3cccc(Cl)c3Cl)c2c1. The Kier molecular flexibility index (Phi) is 4.14. The van der Waals surface area contributed by atoms with Crippen molar-refractivity contribution in [2.75, 3.05) is 0 Å². The van der Waals surface area contributed by atoms with Crippen LogP contribution in [0.15, 0.2) is 48.5 Å². The highest BCUT2D eigenvalue weighted by atomic mass is 35.5. The summed E-state index contributed by atoms with van der Waals surface area (Å²) in [6, 6.07) is 18.4. The van der Waals surface area contributed by atoms with Crippen LogP contribution in [0.1, 0.15) is 21.5 Å². The number of primary amides is 1. The maximum atomic E-state index is 12.0. The average Bonchev–Trinajstić information content (AvgIpc) is 2.92. The second-order valence-electron chi connectivity index (χ2n) is 6.30. The van der Waals surface area contributed by atoms with Crippen molar-refractivity contribution in [3.05, 3.63) is 81.3 Å². The molecule has 1 radical (unpaired) electrons. The van der Waals surface area contributed by atoms with Crippen LogP contribution in [0.3, 0.4) is 0 Å². The minimum absolute atomic E-state index is 0.454. The van der Waals surface area contributed by atoms with Crippen LogP contribution in [0.2, 0.25) is 10.0 Å². The smallest absolute Gasteiger partial charge is 0.249 e. The largest absolute Gasteiger partial charge is 0.366 e. The summed E-state index contributed by atoms with van der Waals surface area (Å²) in [6.07, 6.45) is 0. The fourth-order valence-corrected chi connectivity index (χ4v) is 3.76. The van der Waals surface area contributed by atoms with Gasteiger partial charge >= 0.3 is 0 Å². The number of hydrogen-bond donors (Lipinski definition) is 1. The first-order chi connectivity index (χ1) is 12.5. The molecule has 0 fully saturated rings. The Bertz CT molecular complexity index is 1180. The van der Waals surface area contributed by atoms with Crippen molar-refractivity contribution in [3.8, 4) is 0 Å². The van der Waals surface area contributed by atoms with Crippen molar-refractivity contribution in [2.24, 2.45) is 5.73 Å². The fraction of sp³-hybridized carbons (Fsp3) is 0.0952. The number of hydrogen-bond acceptors (Lipinski definition) is 1. The molecule has 3 nitrogen and oxygen atoms in total. The third-order valence-corrected chi connectivity index (χ3v) is 5.42. The summed E-state index contributed by atoms with van der Waals surface area (Å²) in [5.41, 5.74) is 9.97. The van der Waals surface area contributed by atoms with Crippen molar-refractivity contribution in [3.63, 3.8) is 0 Å². The highest BCUT2D eigenvalue weighted by molar-refractivity contribution is 6.42. The quantitative estimate of drug-likeness (QED) is 0.510. The summed E-state index contributed by atoms with van der Waals surface area (Å²) in [5.74, 6) is -0.454. The topological polar surface area (TPSA) is 48.0 Å². The molecule has 0 atom stereocenters. The van der Waals surface area contributed by atoms with Crippen LogP contribution < -0.4 is 5.73 Å². The van der Waals surface area contributed by atoms with Gasteiger partial charge in [-0.3, -0.25) is 4.79 Å². The molecular formula is C21H15Cl2N2O. The van der Waals surface area contributed by atoms with Crippen LogP contribution in [0, 0.1) is 13.0 Å². The number of carbonyl (C=O) groups is 1. The molecule has 1 aromatic heterocycles. The van der Waals surface area contributed by atoms with Gasteiger partial charge in [-0.1, -0.05) is 47.5 Å². The van der Waals surface area contributed by atoms with Crippen LogP contribution in [0.5, 0.6) is 0 Å². The Morgan fingerprint density at radius 1 is 1.15 bits per heavy atom. The number of amides is 1. The molecule has 0 aliphatic carbocycles. The number of benzene rings is 3.